The van der Waals surface area contributed by atoms with Crippen LogP contribution < -0.4 is 0 Å². The summed E-state index contributed by atoms with van der Waals surface area (Å²) in [7, 11) is 1.82. The average molecular weight is 175 g/mol. The molecule has 0 amide bonds. The number of hydrogen-bond donors (Lipinski definition) is 0. The zero-order valence-electron chi connectivity index (χ0n) is 7.16. The second-order valence-electron chi connectivity index (χ2n) is 2.77. The summed E-state index contributed by atoms with van der Waals surface area (Å²) >= 11 is 0. The Balaban J connectivity index is 2.53. The lowest BCUT2D eigenvalue weighted by Gasteiger charge is -2.00. The van der Waals surface area contributed by atoms with E-state index in [2.05, 4.69) is 11.2 Å². The van der Waals surface area contributed by atoms with E-state index in [4.69, 9.17) is 0 Å². The van der Waals surface area contributed by atoms with Crippen molar-refractivity contribution in [2.45, 2.75) is 0 Å². The van der Waals surface area contributed by atoms with Crippen molar-refractivity contribution in [1.82, 2.24) is 9.78 Å². The maximum atomic E-state index is 12.8. The van der Waals surface area contributed by atoms with Crippen molar-refractivity contribution in [3.05, 3.63) is 42.3 Å². The first-order valence-electron chi connectivity index (χ1n) is 3.93. The van der Waals surface area contributed by atoms with E-state index in [9.17, 15) is 4.39 Å². The van der Waals surface area contributed by atoms with E-state index < -0.39 is 0 Å². The molecule has 65 valence electrons. The molecule has 1 aromatic carbocycles. The quantitative estimate of drug-likeness (QED) is 0.648. The molecule has 0 saturated carbocycles. The third-order valence-electron chi connectivity index (χ3n) is 1.88. The predicted molar refractivity (Wildman–Crippen MR) is 47.4 cm³/mol. The zero-order chi connectivity index (χ0) is 9.26. The minimum Gasteiger partial charge on any atom is -0.268 e. The maximum Gasteiger partial charge on any atom is 0.131 e. The molecule has 0 spiro atoms. The first kappa shape index (κ1) is 7.98. The van der Waals surface area contributed by atoms with E-state index in [-0.39, 0.29) is 5.82 Å². The van der Waals surface area contributed by atoms with Crippen molar-refractivity contribution >= 4 is 0 Å². The van der Waals surface area contributed by atoms with Gasteiger partial charge in [0.05, 0.1) is 5.69 Å². The molecule has 1 heterocycles. The standard InChI is InChI=1S/C10H8FN2/c1-13-10(5-6-12-13)8-3-2-4-9(11)7-8/h2-3,5-7H,1H3. The van der Waals surface area contributed by atoms with Crippen LogP contribution in [0.25, 0.3) is 11.3 Å². The summed E-state index contributed by atoms with van der Waals surface area (Å²) in [5, 5.41) is 4.01. The highest BCUT2D eigenvalue weighted by Gasteiger charge is 2.02. The number of rotatable bonds is 1. The number of hydrogen-bond acceptors (Lipinski definition) is 1. The van der Waals surface area contributed by atoms with Gasteiger partial charge in [-0.3, -0.25) is 4.68 Å². The molecule has 2 nitrogen and oxygen atoms in total. The zero-order valence-corrected chi connectivity index (χ0v) is 7.16. The van der Waals surface area contributed by atoms with Crippen LogP contribution in [0, 0.1) is 11.9 Å². The Kier molecular flexibility index (Phi) is 1.85. The summed E-state index contributed by atoms with van der Waals surface area (Å²) in [6, 6.07) is 9.11. The molecule has 13 heavy (non-hydrogen) atoms. The summed E-state index contributed by atoms with van der Waals surface area (Å²) in [6.07, 6.45) is 1.68. The van der Waals surface area contributed by atoms with Crippen molar-refractivity contribution in [2.75, 3.05) is 0 Å². The van der Waals surface area contributed by atoms with E-state index in [1.54, 1.807) is 23.0 Å². The molecule has 0 unspecified atom stereocenters. The van der Waals surface area contributed by atoms with E-state index >= 15 is 0 Å². The molecule has 0 bridgehead atoms. The highest BCUT2D eigenvalue weighted by Crippen LogP contribution is 2.18. The largest absolute Gasteiger partial charge is 0.268 e. The lowest BCUT2D eigenvalue weighted by molar-refractivity contribution is 0.625. The molecule has 0 N–H and O–H groups in total. The van der Waals surface area contributed by atoms with Gasteiger partial charge in [-0.1, -0.05) is 12.1 Å². The van der Waals surface area contributed by atoms with Crippen molar-refractivity contribution in [3.63, 3.8) is 0 Å². The van der Waals surface area contributed by atoms with Gasteiger partial charge in [0.2, 0.25) is 0 Å². The Morgan fingerprint density at radius 1 is 1.46 bits per heavy atom. The molecule has 0 atom stereocenters. The molecule has 2 rings (SSSR count). The molecule has 0 fully saturated rings. The number of aromatic nitrogens is 2. The van der Waals surface area contributed by atoms with Crippen LogP contribution in [-0.2, 0) is 7.05 Å². The fourth-order valence-corrected chi connectivity index (χ4v) is 1.25. The maximum absolute atomic E-state index is 12.8. The van der Waals surface area contributed by atoms with Crippen molar-refractivity contribution in [3.8, 4) is 11.3 Å². The third kappa shape index (κ3) is 1.45. The third-order valence-corrected chi connectivity index (χ3v) is 1.88. The van der Waals surface area contributed by atoms with Crippen molar-refractivity contribution in [1.29, 1.82) is 0 Å². The summed E-state index contributed by atoms with van der Waals surface area (Å²) < 4.78 is 14.5. The Morgan fingerprint density at radius 3 is 2.92 bits per heavy atom. The fraction of sp³-hybridized carbons (Fsp3) is 0.100. The molecule has 3 heteroatoms. The molecular weight excluding hydrogens is 167 g/mol. The fourth-order valence-electron chi connectivity index (χ4n) is 1.25. The van der Waals surface area contributed by atoms with Gasteiger partial charge in [-0.05, 0) is 12.1 Å². The second kappa shape index (κ2) is 3.01. The van der Waals surface area contributed by atoms with Crippen LogP contribution in [-0.4, -0.2) is 9.78 Å². The van der Waals surface area contributed by atoms with Crippen LogP contribution in [0.2, 0.25) is 0 Å². The lowest BCUT2D eigenvalue weighted by Crippen LogP contribution is -1.93. The average Bonchev–Trinajstić information content (AvgIpc) is 2.51. The second-order valence-corrected chi connectivity index (χ2v) is 2.77. The van der Waals surface area contributed by atoms with Gasteiger partial charge in [0, 0.05) is 24.9 Å². The smallest absolute Gasteiger partial charge is 0.131 e. The summed E-state index contributed by atoms with van der Waals surface area (Å²) in [4.78, 5) is 0. The van der Waals surface area contributed by atoms with Crippen LogP contribution >= 0.6 is 0 Å². The molecule has 0 saturated heterocycles. The highest BCUT2D eigenvalue weighted by molar-refractivity contribution is 5.58. The van der Waals surface area contributed by atoms with Crippen molar-refractivity contribution < 1.29 is 4.39 Å². The number of halogens is 1. The Morgan fingerprint density at radius 2 is 2.31 bits per heavy atom. The SMILES string of the molecule is Cn1nccc1-c1cc[c]c(F)c1. The lowest BCUT2D eigenvalue weighted by atomic mass is 10.1. The van der Waals surface area contributed by atoms with Crippen LogP contribution in [0.1, 0.15) is 0 Å². The van der Waals surface area contributed by atoms with Gasteiger partial charge in [-0.15, -0.1) is 0 Å². The van der Waals surface area contributed by atoms with Crippen LogP contribution in [0.3, 0.4) is 0 Å². The van der Waals surface area contributed by atoms with Gasteiger partial charge in [0.1, 0.15) is 5.82 Å². The first-order valence-corrected chi connectivity index (χ1v) is 3.93. The van der Waals surface area contributed by atoms with E-state index in [1.807, 2.05) is 13.1 Å². The van der Waals surface area contributed by atoms with E-state index in [0.717, 1.165) is 11.3 Å². The Bertz CT molecular complexity index is 420. The van der Waals surface area contributed by atoms with Crippen LogP contribution in [0.5, 0.6) is 0 Å². The molecular formula is C10H8FN2. The number of aryl methyl sites for hydroxylation is 1. The van der Waals surface area contributed by atoms with Crippen LogP contribution in [0.4, 0.5) is 4.39 Å². The number of benzene rings is 1. The minimum atomic E-state index is -0.348. The van der Waals surface area contributed by atoms with E-state index in [1.165, 1.54) is 6.07 Å². The van der Waals surface area contributed by atoms with Crippen LogP contribution in [0.15, 0.2) is 30.5 Å². The monoisotopic (exact) mass is 175 g/mol. The first-order chi connectivity index (χ1) is 6.27. The van der Waals surface area contributed by atoms with Gasteiger partial charge in [0.15, 0.2) is 0 Å². The van der Waals surface area contributed by atoms with Gasteiger partial charge in [-0.2, -0.15) is 5.10 Å². The molecule has 1 aromatic heterocycles. The summed E-state index contributed by atoms with van der Waals surface area (Å²) in [5.41, 5.74) is 1.71. The molecule has 2 aromatic rings. The van der Waals surface area contributed by atoms with Crippen molar-refractivity contribution in [2.24, 2.45) is 7.05 Å². The Hall–Kier alpha value is -1.64. The Labute approximate surface area is 75.6 Å². The summed E-state index contributed by atoms with van der Waals surface area (Å²) in [6.45, 7) is 0. The molecule has 1 radical (unpaired) electrons. The summed E-state index contributed by atoms with van der Waals surface area (Å²) in [5.74, 6) is -0.348. The molecule has 0 aliphatic heterocycles. The highest BCUT2D eigenvalue weighted by atomic mass is 19.1. The van der Waals surface area contributed by atoms with Gasteiger partial charge in [0.25, 0.3) is 0 Å². The predicted octanol–water partition coefficient (Wildman–Crippen LogP) is 2.03. The normalized spacial score (nSPS) is 10.3. The topological polar surface area (TPSA) is 17.8 Å². The van der Waals surface area contributed by atoms with Gasteiger partial charge < -0.3 is 0 Å². The van der Waals surface area contributed by atoms with Gasteiger partial charge in [-0.25, -0.2) is 4.39 Å². The minimum absolute atomic E-state index is 0.348. The molecule has 0 aliphatic rings. The molecule has 0 aliphatic carbocycles. The number of nitrogens with zero attached hydrogens (tertiary/aromatic N) is 2. The van der Waals surface area contributed by atoms with E-state index in [0.29, 0.717) is 0 Å². The van der Waals surface area contributed by atoms with Gasteiger partial charge >= 0.3 is 0 Å².